The molecule has 1 aromatic carbocycles. The van der Waals surface area contributed by atoms with Gasteiger partial charge in [0.2, 0.25) is 5.91 Å². The molecule has 1 aromatic heterocycles. The minimum absolute atomic E-state index is 0.0287. The van der Waals surface area contributed by atoms with E-state index in [9.17, 15) is 4.79 Å². The van der Waals surface area contributed by atoms with Crippen LogP contribution in [0.2, 0.25) is 0 Å². The van der Waals surface area contributed by atoms with Gasteiger partial charge in [-0.2, -0.15) is 0 Å². The van der Waals surface area contributed by atoms with Crippen molar-refractivity contribution in [3.8, 4) is 11.5 Å². The van der Waals surface area contributed by atoms with Crippen molar-refractivity contribution in [2.45, 2.75) is 26.2 Å². The predicted octanol–water partition coefficient (Wildman–Crippen LogP) is 3.50. The molecule has 8 heteroatoms. The number of nitrogens with zero attached hydrogens (tertiary/aromatic N) is 2. The molecule has 1 N–H and O–H groups in total. The highest BCUT2D eigenvalue weighted by Gasteiger charge is 2.34. The van der Waals surface area contributed by atoms with Crippen LogP contribution in [0.4, 0.5) is 10.9 Å². The van der Waals surface area contributed by atoms with Gasteiger partial charge in [-0.1, -0.05) is 37.3 Å². The van der Waals surface area contributed by atoms with Gasteiger partial charge in [-0.15, -0.1) is 0 Å². The lowest BCUT2D eigenvalue weighted by molar-refractivity contribution is -0.116. The van der Waals surface area contributed by atoms with Gasteiger partial charge in [-0.3, -0.25) is 4.79 Å². The monoisotopic (exact) mass is 417 g/mol. The molecule has 2 aliphatic rings. The number of morpholine rings is 1. The maximum atomic E-state index is 12.5. The van der Waals surface area contributed by atoms with Crippen molar-refractivity contribution < 1.29 is 19.0 Å². The average Bonchev–Trinajstić information content (AvgIpc) is 3.16. The number of carbonyl (C=O) groups is 1. The smallest absolute Gasteiger partial charge is 0.226 e. The third-order valence-electron chi connectivity index (χ3n) is 5.05. The van der Waals surface area contributed by atoms with Crippen molar-refractivity contribution in [1.29, 1.82) is 0 Å². The second-order valence-corrected chi connectivity index (χ2v) is 8.71. The van der Waals surface area contributed by atoms with E-state index in [0.717, 1.165) is 34.4 Å². The quantitative estimate of drug-likeness (QED) is 0.776. The molecule has 0 unspecified atom stereocenters. The van der Waals surface area contributed by atoms with Crippen LogP contribution in [-0.4, -0.2) is 50.9 Å². The van der Waals surface area contributed by atoms with Gasteiger partial charge in [0.1, 0.15) is 5.82 Å². The minimum Gasteiger partial charge on any atom is -0.493 e. The van der Waals surface area contributed by atoms with Gasteiger partial charge in [0, 0.05) is 31.0 Å². The number of thiazole rings is 1. The zero-order valence-electron chi connectivity index (χ0n) is 17.1. The molecule has 3 heterocycles. The van der Waals surface area contributed by atoms with E-state index in [2.05, 4.69) is 24.1 Å². The molecule has 0 bridgehead atoms. The molecule has 1 atom stereocenters. The van der Waals surface area contributed by atoms with Crippen LogP contribution >= 0.6 is 11.3 Å². The zero-order chi connectivity index (χ0) is 20.4. The summed E-state index contributed by atoms with van der Waals surface area (Å²) in [6.45, 7) is 7.82. The van der Waals surface area contributed by atoms with Crippen molar-refractivity contribution in [1.82, 2.24) is 4.98 Å². The first kappa shape index (κ1) is 20.0. The number of carbonyl (C=O) groups excluding carboxylic acids is 1. The molecule has 2 aliphatic heterocycles. The Morgan fingerprint density at radius 3 is 2.86 bits per heavy atom. The second kappa shape index (κ2) is 8.59. The molecule has 156 valence electrons. The van der Waals surface area contributed by atoms with Crippen LogP contribution in [0.1, 0.15) is 36.6 Å². The molecule has 2 aromatic rings. The minimum atomic E-state index is -0.108. The number of ether oxygens (including phenoxy) is 3. The normalized spacial score (nSPS) is 19.1. The summed E-state index contributed by atoms with van der Waals surface area (Å²) in [5.74, 6) is 2.32. The topological polar surface area (TPSA) is 72.9 Å². The van der Waals surface area contributed by atoms with Crippen LogP contribution in [0.5, 0.6) is 11.5 Å². The van der Waals surface area contributed by atoms with Gasteiger partial charge in [-0.25, -0.2) is 4.98 Å². The standard InChI is InChI=1S/C21H27N3O4S/c1-13(2)12-28-18-14(5-4-6-16(18)26-3)15-11-17(25)22-20-19(15)29-21(23-20)24-7-9-27-10-8-24/h4-6,13,15H,7-12H2,1-3H3,(H,22,25)/t15-/m1/s1. The number of anilines is 2. The molecule has 29 heavy (non-hydrogen) atoms. The number of amides is 1. The Bertz CT molecular complexity index is 877. The Morgan fingerprint density at radius 2 is 2.14 bits per heavy atom. The lowest BCUT2D eigenvalue weighted by Crippen LogP contribution is -2.36. The van der Waals surface area contributed by atoms with Crippen LogP contribution < -0.4 is 19.7 Å². The Morgan fingerprint density at radius 1 is 1.34 bits per heavy atom. The summed E-state index contributed by atoms with van der Waals surface area (Å²) in [6, 6.07) is 5.88. The highest BCUT2D eigenvalue weighted by molar-refractivity contribution is 7.16. The van der Waals surface area contributed by atoms with E-state index in [1.165, 1.54) is 0 Å². The number of fused-ring (bicyclic) bond motifs is 1. The van der Waals surface area contributed by atoms with Gasteiger partial charge in [0.15, 0.2) is 16.6 Å². The molecule has 1 amide bonds. The van der Waals surface area contributed by atoms with E-state index < -0.39 is 0 Å². The van der Waals surface area contributed by atoms with Crippen LogP contribution in [0.15, 0.2) is 18.2 Å². The molecular weight excluding hydrogens is 390 g/mol. The molecule has 0 radical (unpaired) electrons. The van der Waals surface area contributed by atoms with Crippen molar-refractivity contribution in [3.05, 3.63) is 28.6 Å². The molecule has 7 nitrogen and oxygen atoms in total. The number of para-hydroxylation sites is 1. The van der Waals surface area contributed by atoms with Crippen LogP contribution in [0.3, 0.4) is 0 Å². The van der Waals surface area contributed by atoms with Crippen LogP contribution in [-0.2, 0) is 9.53 Å². The van der Waals surface area contributed by atoms with E-state index in [1.54, 1.807) is 18.4 Å². The van der Waals surface area contributed by atoms with E-state index in [0.29, 0.717) is 43.7 Å². The number of aromatic nitrogens is 1. The van der Waals surface area contributed by atoms with E-state index in [1.807, 2.05) is 18.2 Å². The zero-order valence-corrected chi connectivity index (χ0v) is 17.9. The average molecular weight is 418 g/mol. The molecular formula is C21H27N3O4S. The molecule has 1 saturated heterocycles. The summed E-state index contributed by atoms with van der Waals surface area (Å²) in [5, 5.41) is 3.88. The fourth-order valence-corrected chi connectivity index (χ4v) is 4.81. The Balaban J connectivity index is 1.72. The Labute approximate surface area is 175 Å². The van der Waals surface area contributed by atoms with Crippen molar-refractivity contribution in [3.63, 3.8) is 0 Å². The summed E-state index contributed by atoms with van der Waals surface area (Å²) >= 11 is 1.64. The molecule has 1 fully saturated rings. The maximum Gasteiger partial charge on any atom is 0.226 e. The first-order valence-corrected chi connectivity index (χ1v) is 10.8. The highest BCUT2D eigenvalue weighted by atomic mass is 32.1. The van der Waals surface area contributed by atoms with Gasteiger partial charge in [0.05, 0.1) is 31.8 Å². The van der Waals surface area contributed by atoms with Crippen molar-refractivity contribution in [2.24, 2.45) is 5.92 Å². The van der Waals surface area contributed by atoms with Crippen LogP contribution in [0, 0.1) is 5.92 Å². The Kier molecular flexibility index (Phi) is 5.91. The third kappa shape index (κ3) is 4.18. The van der Waals surface area contributed by atoms with E-state index in [4.69, 9.17) is 19.2 Å². The molecule has 0 aliphatic carbocycles. The largest absolute Gasteiger partial charge is 0.493 e. The second-order valence-electron chi connectivity index (χ2n) is 7.70. The number of methoxy groups -OCH3 is 1. The van der Waals surface area contributed by atoms with Gasteiger partial charge in [0.25, 0.3) is 0 Å². The summed E-state index contributed by atoms with van der Waals surface area (Å²) < 4.78 is 17.2. The Hall–Kier alpha value is -2.32. The molecule has 0 saturated carbocycles. The lowest BCUT2D eigenvalue weighted by Gasteiger charge is -2.26. The lowest BCUT2D eigenvalue weighted by atomic mass is 9.90. The van der Waals surface area contributed by atoms with Gasteiger partial charge < -0.3 is 24.4 Å². The first-order valence-electron chi connectivity index (χ1n) is 9.99. The van der Waals surface area contributed by atoms with Crippen molar-refractivity contribution >= 4 is 28.2 Å². The summed E-state index contributed by atoms with van der Waals surface area (Å²) in [5.41, 5.74) is 0.971. The number of hydrogen-bond acceptors (Lipinski definition) is 7. The van der Waals surface area contributed by atoms with E-state index >= 15 is 0 Å². The molecule has 4 rings (SSSR count). The van der Waals surface area contributed by atoms with Crippen LogP contribution in [0.25, 0.3) is 0 Å². The summed E-state index contributed by atoms with van der Waals surface area (Å²) in [4.78, 5) is 20.5. The fourth-order valence-electron chi connectivity index (χ4n) is 3.62. The predicted molar refractivity (Wildman–Crippen MR) is 114 cm³/mol. The SMILES string of the molecule is COc1cccc([C@H]2CC(=O)Nc3nc(N4CCOCC4)sc32)c1OCC(C)C. The highest BCUT2D eigenvalue weighted by Crippen LogP contribution is 2.47. The number of rotatable bonds is 6. The third-order valence-corrected chi connectivity index (χ3v) is 6.28. The number of benzene rings is 1. The molecule has 0 spiro atoms. The van der Waals surface area contributed by atoms with E-state index in [-0.39, 0.29) is 11.8 Å². The number of nitrogens with one attached hydrogen (secondary N) is 1. The van der Waals surface area contributed by atoms with Gasteiger partial charge >= 0.3 is 0 Å². The summed E-state index contributed by atoms with van der Waals surface area (Å²) in [7, 11) is 1.64. The van der Waals surface area contributed by atoms with Crippen molar-refractivity contribution in [2.75, 3.05) is 50.2 Å². The maximum absolute atomic E-state index is 12.5. The first-order chi connectivity index (χ1) is 14.1. The van der Waals surface area contributed by atoms with Gasteiger partial charge in [-0.05, 0) is 12.0 Å². The fraction of sp³-hybridized carbons (Fsp3) is 0.524. The summed E-state index contributed by atoms with van der Waals surface area (Å²) in [6.07, 6.45) is 0.364. The number of hydrogen-bond donors (Lipinski definition) is 1.